The molecule has 0 saturated heterocycles. The van der Waals surface area contributed by atoms with Gasteiger partial charge in [-0.05, 0) is 44.7 Å². The number of aromatic nitrogens is 3. The van der Waals surface area contributed by atoms with Crippen molar-refractivity contribution in [1.29, 1.82) is 0 Å². The van der Waals surface area contributed by atoms with Crippen LogP contribution in [0.2, 0.25) is 5.15 Å². The summed E-state index contributed by atoms with van der Waals surface area (Å²) in [7, 11) is 1.54. The Bertz CT molecular complexity index is 1320. The molecule has 36 heavy (non-hydrogen) atoms. The number of anilines is 1. The number of thiazole rings is 1. The molecule has 3 aromatic rings. The quantitative estimate of drug-likeness (QED) is 0.418. The summed E-state index contributed by atoms with van der Waals surface area (Å²) < 4.78 is 5.45. The molecule has 2 aliphatic rings. The molecule has 1 atom stereocenters. The Balaban J connectivity index is 1.32. The second-order valence-electron chi connectivity index (χ2n) is 9.19. The Labute approximate surface area is 217 Å². The van der Waals surface area contributed by atoms with Gasteiger partial charge in [0.25, 0.3) is 5.91 Å². The van der Waals surface area contributed by atoms with Crippen molar-refractivity contribution in [1.82, 2.24) is 20.3 Å². The lowest BCUT2D eigenvalue weighted by Gasteiger charge is -2.32. The number of carbonyl (C=O) groups is 2. The average Bonchev–Trinajstić information content (AvgIpc) is 3.23. The van der Waals surface area contributed by atoms with Crippen molar-refractivity contribution in [3.63, 3.8) is 0 Å². The SMILES string of the molecule is COc1cnc(Cl)cc1-c1cc(C)ncc1C(=O)Nc1nc2c(s1)C[C@H](NC(=O)C1CC(O)C1)CC2. The summed E-state index contributed by atoms with van der Waals surface area (Å²) in [4.78, 5) is 39.8. The summed E-state index contributed by atoms with van der Waals surface area (Å²) in [6.07, 6.45) is 5.96. The Kier molecular flexibility index (Phi) is 6.92. The van der Waals surface area contributed by atoms with Crippen LogP contribution in [0.4, 0.5) is 5.13 Å². The molecule has 9 nitrogen and oxygen atoms in total. The van der Waals surface area contributed by atoms with Crippen LogP contribution in [-0.2, 0) is 17.6 Å². The number of aliphatic hydroxyl groups is 1. The van der Waals surface area contributed by atoms with Gasteiger partial charge in [0.1, 0.15) is 10.9 Å². The molecule has 0 spiro atoms. The van der Waals surface area contributed by atoms with E-state index >= 15 is 0 Å². The number of ether oxygens (including phenoxy) is 1. The van der Waals surface area contributed by atoms with E-state index in [0.29, 0.717) is 46.8 Å². The van der Waals surface area contributed by atoms with E-state index in [9.17, 15) is 14.7 Å². The van der Waals surface area contributed by atoms with E-state index in [-0.39, 0.29) is 35.0 Å². The molecule has 1 saturated carbocycles. The van der Waals surface area contributed by atoms with E-state index in [0.717, 1.165) is 29.1 Å². The molecule has 0 aliphatic heterocycles. The molecule has 1 fully saturated rings. The topological polar surface area (TPSA) is 126 Å². The Morgan fingerprint density at radius 1 is 1.19 bits per heavy atom. The molecule has 0 bridgehead atoms. The van der Waals surface area contributed by atoms with Crippen LogP contribution in [0.25, 0.3) is 11.1 Å². The number of halogens is 1. The van der Waals surface area contributed by atoms with Crippen LogP contribution in [0.15, 0.2) is 24.5 Å². The maximum absolute atomic E-state index is 13.3. The molecule has 0 radical (unpaired) electrons. The van der Waals surface area contributed by atoms with E-state index in [1.807, 2.05) is 13.0 Å². The standard InChI is InChI=1S/C25H26ClN5O4S/c1-12-5-16(17-9-22(26)28-11-20(17)35-2)18(10-27-12)24(34)31-25-30-19-4-3-14(8-21(19)36-25)29-23(33)13-6-15(32)7-13/h5,9-11,13-15,32H,3-4,6-8H2,1-2H3,(H,29,33)(H,30,31,34)/t13?,14-,15?/m1/s1. The van der Waals surface area contributed by atoms with Crippen molar-refractivity contribution in [2.45, 2.75) is 51.2 Å². The maximum Gasteiger partial charge on any atom is 0.259 e. The van der Waals surface area contributed by atoms with Crippen molar-refractivity contribution >= 4 is 39.9 Å². The van der Waals surface area contributed by atoms with Gasteiger partial charge in [0.2, 0.25) is 5.91 Å². The number of methoxy groups -OCH3 is 1. The number of rotatable bonds is 6. The number of nitrogens with one attached hydrogen (secondary N) is 2. The summed E-state index contributed by atoms with van der Waals surface area (Å²) >= 11 is 7.56. The van der Waals surface area contributed by atoms with Gasteiger partial charge >= 0.3 is 0 Å². The van der Waals surface area contributed by atoms with Gasteiger partial charge in [0.15, 0.2) is 5.13 Å². The van der Waals surface area contributed by atoms with Crippen molar-refractivity contribution in [3.05, 3.63) is 51.5 Å². The van der Waals surface area contributed by atoms with Crippen molar-refractivity contribution in [2.24, 2.45) is 5.92 Å². The molecular weight excluding hydrogens is 502 g/mol. The minimum absolute atomic E-state index is 0.0119. The number of pyridine rings is 2. The Morgan fingerprint density at radius 2 is 2.00 bits per heavy atom. The second kappa shape index (κ2) is 10.1. The summed E-state index contributed by atoms with van der Waals surface area (Å²) in [6, 6.07) is 3.50. The number of nitrogens with zero attached hydrogens (tertiary/aromatic N) is 3. The summed E-state index contributed by atoms with van der Waals surface area (Å²) in [6.45, 7) is 1.84. The smallest absolute Gasteiger partial charge is 0.259 e. The van der Waals surface area contributed by atoms with E-state index in [1.165, 1.54) is 30.8 Å². The van der Waals surface area contributed by atoms with Crippen LogP contribution >= 0.6 is 22.9 Å². The third kappa shape index (κ3) is 5.07. The van der Waals surface area contributed by atoms with Crippen molar-refractivity contribution < 1.29 is 19.4 Å². The highest BCUT2D eigenvalue weighted by Gasteiger charge is 2.35. The van der Waals surface area contributed by atoms with Gasteiger partial charge in [-0.3, -0.25) is 19.9 Å². The predicted molar refractivity (Wildman–Crippen MR) is 137 cm³/mol. The van der Waals surface area contributed by atoms with Gasteiger partial charge in [0, 0.05) is 46.3 Å². The molecule has 3 aromatic heterocycles. The van der Waals surface area contributed by atoms with E-state index < -0.39 is 0 Å². The van der Waals surface area contributed by atoms with Gasteiger partial charge in [-0.15, -0.1) is 11.3 Å². The van der Waals surface area contributed by atoms with Crippen LogP contribution in [-0.4, -0.2) is 51.1 Å². The Morgan fingerprint density at radius 3 is 2.75 bits per heavy atom. The minimum Gasteiger partial charge on any atom is -0.494 e. The third-order valence-corrected chi connectivity index (χ3v) is 7.86. The third-order valence-electron chi connectivity index (χ3n) is 6.62. The molecule has 0 unspecified atom stereocenters. The lowest BCUT2D eigenvalue weighted by molar-refractivity contribution is -0.132. The number of hydrogen-bond acceptors (Lipinski definition) is 8. The number of carbonyl (C=O) groups excluding carboxylic acids is 2. The van der Waals surface area contributed by atoms with Gasteiger partial charge in [-0.2, -0.15) is 0 Å². The zero-order valence-corrected chi connectivity index (χ0v) is 21.4. The van der Waals surface area contributed by atoms with Crippen LogP contribution in [0.3, 0.4) is 0 Å². The van der Waals surface area contributed by atoms with Gasteiger partial charge in [0.05, 0.1) is 30.7 Å². The van der Waals surface area contributed by atoms with Gasteiger partial charge < -0.3 is 15.2 Å². The normalized spacial score (nSPS) is 20.7. The fourth-order valence-electron chi connectivity index (χ4n) is 4.59. The average molecular weight is 528 g/mol. The minimum atomic E-state index is -0.354. The molecule has 188 valence electrons. The van der Waals surface area contributed by atoms with E-state index in [1.54, 1.807) is 6.07 Å². The summed E-state index contributed by atoms with van der Waals surface area (Å²) in [5.74, 6) is 0.0713. The van der Waals surface area contributed by atoms with Crippen molar-refractivity contribution in [2.75, 3.05) is 12.4 Å². The fraction of sp³-hybridized carbons (Fsp3) is 0.400. The van der Waals surface area contributed by atoms with E-state index in [2.05, 4.69) is 25.6 Å². The zero-order chi connectivity index (χ0) is 25.4. The molecule has 3 heterocycles. The van der Waals surface area contributed by atoms with Crippen molar-refractivity contribution in [3.8, 4) is 16.9 Å². The fourth-order valence-corrected chi connectivity index (χ4v) is 5.83. The Hall–Kier alpha value is -3.08. The lowest BCUT2D eigenvalue weighted by atomic mass is 9.81. The van der Waals surface area contributed by atoms with Crippen LogP contribution in [0.1, 0.15) is 45.9 Å². The zero-order valence-electron chi connectivity index (χ0n) is 19.9. The van der Waals surface area contributed by atoms with Crippen LogP contribution in [0.5, 0.6) is 5.75 Å². The highest BCUT2D eigenvalue weighted by Crippen LogP contribution is 2.35. The lowest BCUT2D eigenvalue weighted by Crippen LogP contribution is -2.46. The van der Waals surface area contributed by atoms with E-state index in [4.69, 9.17) is 16.3 Å². The summed E-state index contributed by atoms with van der Waals surface area (Å²) in [5.41, 5.74) is 3.33. The first-order valence-electron chi connectivity index (χ1n) is 11.8. The van der Waals surface area contributed by atoms with Crippen LogP contribution < -0.4 is 15.4 Å². The molecule has 2 amide bonds. The molecule has 2 aliphatic carbocycles. The molecule has 5 rings (SSSR count). The van der Waals surface area contributed by atoms with Gasteiger partial charge in [-0.25, -0.2) is 9.97 Å². The number of aryl methyl sites for hydroxylation is 2. The molecule has 0 aromatic carbocycles. The number of fused-ring (bicyclic) bond motifs is 1. The van der Waals surface area contributed by atoms with Crippen LogP contribution in [0, 0.1) is 12.8 Å². The largest absolute Gasteiger partial charge is 0.494 e. The monoisotopic (exact) mass is 527 g/mol. The summed E-state index contributed by atoms with van der Waals surface area (Å²) in [5, 5.41) is 16.3. The predicted octanol–water partition coefficient (Wildman–Crippen LogP) is 3.57. The first-order valence-corrected chi connectivity index (χ1v) is 12.9. The number of aliphatic hydroxyl groups excluding tert-OH is 1. The molecule has 3 N–H and O–H groups in total. The highest BCUT2D eigenvalue weighted by molar-refractivity contribution is 7.15. The maximum atomic E-state index is 13.3. The molecular formula is C25H26ClN5O4S. The first-order chi connectivity index (χ1) is 17.3. The first kappa shape index (κ1) is 24.6. The second-order valence-corrected chi connectivity index (χ2v) is 10.7. The highest BCUT2D eigenvalue weighted by atomic mass is 35.5. The molecule has 11 heteroatoms. The number of hydrogen-bond donors (Lipinski definition) is 3. The van der Waals surface area contributed by atoms with Gasteiger partial charge in [-0.1, -0.05) is 11.6 Å². The number of amides is 2.